The lowest BCUT2D eigenvalue weighted by Gasteiger charge is -2.20. The van der Waals surface area contributed by atoms with Crippen LogP contribution in [0.1, 0.15) is 41.9 Å². The maximum atomic E-state index is 12.5. The van der Waals surface area contributed by atoms with Crippen molar-refractivity contribution in [3.8, 4) is 0 Å². The number of amides is 2. The van der Waals surface area contributed by atoms with E-state index in [-0.39, 0.29) is 29.5 Å². The number of hydrogen-bond donors (Lipinski definition) is 2. The Labute approximate surface area is 152 Å². The first kappa shape index (κ1) is 18.0. The van der Waals surface area contributed by atoms with Gasteiger partial charge in [0.15, 0.2) is 0 Å². The Balaban J connectivity index is 1.46. The third kappa shape index (κ3) is 4.65. The van der Waals surface area contributed by atoms with Crippen molar-refractivity contribution in [2.24, 2.45) is 5.92 Å². The lowest BCUT2D eigenvalue weighted by molar-refractivity contribution is -0.125. The topological polar surface area (TPSA) is 102 Å². The molecular formula is C18H24N6O2. The lowest BCUT2D eigenvalue weighted by Crippen LogP contribution is -2.44. The highest BCUT2D eigenvalue weighted by molar-refractivity contribution is 5.92. The van der Waals surface area contributed by atoms with Crippen molar-refractivity contribution in [3.63, 3.8) is 0 Å². The van der Waals surface area contributed by atoms with Crippen molar-refractivity contribution in [1.29, 1.82) is 0 Å². The van der Waals surface area contributed by atoms with Crippen LogP contribution >= 0.6 is 0 Å². The normalized spacial score (nSPS) is 19.3. The summed E-state index contributed by atoms with van der Waals surface area (Å²) in [5, 5.41) is 10.1. The maximum Gasteiger partial charge on any atom is 0.271 e. The Hall–Kier alpha value is -2.77. The van der Waals surface area contributed by atoms with E-state index in [4.69, 9.17) is 0 Å². The molecule has 0 saturated heterocycles. The zero-order valence-electron chi connectivity index (χ0n) is 14.9. The number of carbonyl (C=O) groups excluding carboxylic acids is 2. The second-order valence-corrected chi connectivity index (χ2v) is 6.57. The van der Waals surface area contributed by atoms with Crippen LogP contribution in [-0.2, 0) is 11.3 Å². The van der Waals surface area contributed by atoms with E-state index >= 15 is 0 Å². The van der Waals surface area contributed by atoms with Gasteiger partial charge < -0.3 is 10.6 Å². The van der Waals surface area contributed by atoms with Gasteiger partial charge in [0, 0.05) is 37.7 Å². The lowest BCUT2D eigenvalue weighted by atomic mass is 10.0. The van der Waals surface area contributed by atoms with Gasteiger partial charge in [0.25, 0.3) is 5.91 Å². The highest BCUT2D eigenvalue weighted by Gasteiger charge is 2.34. The molecule has 8 heteroatoms. The molecule has 1 aliphatic rings. The summed E-state index contributed by atoms with van der Waals surface area (Å²) in [6.07, 6.45) is 10.00. The number of aromatic nitrogens is 4. The zero-order chi connectivity index (χ0) is 18.4. The molecule has 26 heavy (non-hydrogen) atoms. The Morgan fingerprint density at radius 1 is 1.27 bits per heavy atom. The third-order valence-electron chi connectivity index (χ3n) is 4.61. The summed E-state index contributed by atoms with van der Waals surface area (Å²) in [6.45, 7) is 3.18. The minimum Gasteiger partial charge on any atom is -0.356 e. The van der Waals surface area contributed by atoms with Gasteiger partial charge in [-0.05, 0) is 32.3 Å². The van der Waals surface area contributed by atoms with E-state index in [1.807, 2.05) is 23.9 Å². The molecular weight excluding hydrogens is 332 g/mol. The number of nitrogens with zero attached hydrogens (tertiary/aromatic N) is 4. The van der Waals surface area contributed by atoms with E-state index in [0.717, 1.165) is 37.9 Å². The summed E-state index contributed by atoms with van der Waals surface area (Å²) >= 11 is 0. The Morgan fingerprint density at radius 2 is 2.15 bits per heavy atom. The van der Waals surface area contributed by atoms with Gasteiger partial charge >= 0.3 is 0 Å². The van der Waals surface area contributed by atoms with Gasteiger partial charge in [0.1, 0.15) is 5.69 Å². The van der Waals surface area contributed by atoms with E-state index < -0.39 is 0 Å². The monoisotopic (exact) mass is 356 g/mol. The van der Waals surface area contributed by atoms with E-state index in [1.54, 1.807) is 12.4 Å². The van der Waals surface area contributed by atoms with Gasteiger partial charge in [-0.3, -0.25) is 19.3 Å². The van der Waals surface area contributed by atoms with Crippen molar-refractivity contribution in [2.75, 3.05) is 6.54 Å². The first-order valence-corrected chi connectivity index (χ1v) is 8.98. The third-order valence-corrected chi connectivity index (χ3v) is 4.61. The van der Waals surface area contributed by atoms with Crippen molar-refractivity contribution >= 4 is 11.8 Å². The zero-order valence-corrected chi connectivity index (χ0v) is 14.9. The molecule has 1 aliphatic carbocycles. The van der Waals surface area contributed by atoms with Crippen LogP contribution in [0.3, 0.4) is 0 Å². The second kappa shape index (κ2) is 8.55. The Morgan fingerprint density at radius 3 is 2.88 bits per heavy atom. The van der Waals surface area contributed by atoms with E-state index in [2.05, 4.69) is 25.7 Å². The quantitative estimate of drug-likeness (QED) is 0.723. The molecule has 3 rings (SSSR count). The molecule has 1 saturated carbocycles. The molecule has 0 bridgehead atoms. The Bertz CT molecular complexity index is 729. The molecule has 2 atom stereocenters. The predicted molar refractivity (Wildman–Crippen MR) is 95.2 cm³/mol. The summed E-state index contributed by atoms with van der Waals surface area (Å²) < 4.78 is 1.84. The van der Waals surface area contributed by atoms with E-state index in [1.165, 1.54) is 6.20 Å². The van der Waals surface area contributed by atoms with Crippen LogP contribution in [0.5, 0.6) is 0 Å². The fourth-order valence-electron chi connectivity index (χ4n) is 3.22. The van der Waals surface area contributed by atoms with Crippen LogP contribution < -0.4 is 10.6 Å². The molecule has 0 aromatic carbocycles. The van der Waals surface area contributed by atoms with E-state index in [0.29, 0.717) is 6.54 Å². The molecule has 1 fully saturated rings. The molecule has 2 heterocycles. The minimum atomic E-state index is -0.277. The van der Waals surface area contributed by atoms with Gasteiger partial charge in [-0.1, -0.05) is 6.42 Å². The van der Waals surface area contributed by atoms with Crippen molar-refractivity contribution in [3.05, 3.63) is 42.2 Å². The van der Waals surface area contributed by atoms with Crippen molar-refractivity contribution < 1.29 is 9.59 Å². The van der Waals surface area contributed by atoms with Crippen molar-refractivity contribution in [2.45, 2.75) is 45.2 Å². The molecule has 0 aliphatic heterocycles. The summed E-state index contributed by atoms with van der Waals surface area (Å²) in [7, 11) is 0. The minimum absolute atomic E-state index is 0.00301. The highest BCUT2D eigenvalue weighted by atomic mass is 16.2. The number of rotatable bonds is 7. The molecule has 138 valence electrons. The predicted octanol–water partition coefficient (Wildman–Crippen LogP) is 1.09. The maximum absolute atomic E-state index is 12.5. The van der Waals surface area contributed by atoms with Crippen LogP contribution in [0.25, 0.3) is 0 Å². The standard InChI is InChI=1S/C18H24N6O2/c1-13-11-21-16(12-20-13)18(26)23-15-6-2-5-14(15)17(25)19-7-3-9-24-10-4-8-22-24/h4,8,10-12,14-15H,2-3,5-7,9H2,1H3,(H,19,25)(H,23,26)/t14-,15+/m0/s1. The largest absolute Gasteiger partial charge is 0.356 e. The molecule has 2 aromatic heterocycles. The van der Waals surface area contributed by atoms with Crippen LogP contribution in [0.4, 0.5) is 0 Å². The highest BCUT2D eigenvalue weighted by Crippen LogP contribution is 2.26. The average molecular weight is 356 g/mol. The van der Waals surface area contributed by atoms with Crippen molar-refractivity contribution in [1.82, 2.24) is 30.4 Å². The molecule has 0 radical (unpaired) electrons. The first-order chi connectivity index (χ1) is 12.6. The Kier molecular flexibility index (Phi) is 5.93. The summed E-state index contributed by atoms with van der Waals surface area (Å²) in [5.74, 6) is -0.466. The van der Waals surface area contributed by atoms with Gasteiger partial charge in [-0.25, -0.2) is 4.98 Å². The molecule has 2 amide bonds. The van der Waals surface area contributed by atoms with Crippen LogP contribution in [0.15, 0.2) is 30.9 Å². The SMILES string of the molecule is Cc1cnc(C(=O)N[C@@H]2CCC[C@@H]2C(=O)NCCCn2cccn2)cn1. The van der Waals surface area contributed by atoms with Gasteiger partial charge in [-0.15, -0.1) is 0 Å². The summed E-state index contributed by atoms with van der Waals surface area (Å²) in [4.78, 5) is 33.0. The number of hydrogen-bond acceptors (Lipinski definition) is 5. The summed E-state index contributed by atoms with van der Waals surface area (Å²) in [5.41, 5.74) is 1.04. The van der Waals surface area contributed by atoms with Gasteiger partial charge in [-0.2, -0.15) is 5.10 Å². The van der Waals surface area contributed by atoms with Gasteiger partial charge in [0.05, 0.1) is 17.8 Å². The number of aryl methyl sites for hydroxylation is 2. The molecule has 8 nitrogen and oxygen atoms in total. The van der Waals surface area contributed by atoms with Crippen LogP contribution in [0, 0.1) is 12.8 Å². The van der Waals surface area contributed by atoms with Gasteiger partial charge in [0.2, 0.25) is 5.91 Å². The molecule has 2 aromatic rings. The fourth-order valence-corrected chi connectivity index (χ4v) is 3.22. The molecule has 2 N–H and O–H groups in total. The molecule has 0 unspecified atom stereocenters. The summed E-state index contributed by atoms with van der Waals surface area (Å²) in [6, 6.07) is 1.72. The average Bonchev–Trinajstić information content (AvgIpc) is 3.31. The number of carbonyl (C=O) groups is 2. The first-order valence-electron chi connectivity index (χ1n) is 8.98. The van der Waals surface area contributed by atoms with Crippen LogP contribution in [-0.4, -0.2) is 44.1 Å². The second-order valence-electron chi connectivity index (χ2n) is 6.57. The smallest absolute Gasteiger partial charge is 0.271 e. The molecule has 0 spiro atoms. The van der Waals surface area contributed by atoms with E-state index in [9.17, 15) is 9.59 Å². The fraction of sp³-hybridized carbons (Fsp3) is 0.500. The van der Waals surface area contributed by atoms with Crippen LogP contribution in [0.2, 0.25) is 0 Å². The number of nitrogens with one attached hydrogen (secondary N) is 2.